The Morgan fingerprint density at radius 3 is 2.54 bits per heavy atom. The lowest BCUT2D eigenvalue weighted by Gasteiger charge is -2.05. The van der Waals surface area contributed by atoms with Crippen LogP contribution >= 0.6 is 11.3 Å². The number of hydrogen-bond donors (Lipinski definition) is 0. The van der Waals surface area contributed by atoms with Crippen molar-refractivity contribution in [1.82, 2.24) is 19.8 Å². The van der Waals surface area contributed by atoms with Crippen LogP contribution in [0.15, 0.2) is 66.7 Å². The number of ether oxygens (including phenoxy) is 1. The van der Waals surface area contributed by atoms with Gasteiger partial charge < -0.3 is 4.74 Å². The molecule has 5 nitrogen and oxygen atoms in total. The maximum absolute atomic E-state index is 5.46. The molecule has 2 heterocycles. The Morgan fingerprint density at radius 1 is 0.846 bits per heavy atom. The standard InChI is InChI=1S/C20H14N4OS/c1-25-17-12-5-4-10-16(17)18-21-22-20-24(18)23-19(26-20)15-11-6-8-13-7-2-3-9-14(13)15/h2-12H,1H3. The van der Waals surface area contributed by atoms with E-state index in [2.05, 4.69) is 40.5 Å². The van der Waals surface area contributed by atoms with E-state index in [1.54, 1.807) is 11.6 Å². The predicted octanol–water partition coefficient (Wildman–Crippen LogP) is 4.68. The van der Waals surface area contributed by atoms with Crippen molar-refractivity contribution in [3.8, 4) is 27.7 Å². The van der Waals surface area contributed by atoms with Gasteiger partial charge in [-0.05, 0) is 22.9 Å². The van der Waals surface area contributed by atoms with Crippen molar-refractivity contribution >= 4 is 27.1 Å². The normalized spacial score (nSPS) is 11.3. The summed E-state index contributed by atoms with van der Waals surface area (Å²) in [4.78, 5) is 0.758. The molecule has 0 unspecified atom stereocenters. The smallest absolute Gasteiger partial charge is 0.235 e. The molecule has 0 amide bonds. The Kier molecular flexibility index (Phi) is 3.43. The van der Waals surface area contributed by atoms with Crippen LogP contribution < -0.4 is 4.74 Å². The lowest BCUT2D eigenvalue weighted by Crippen LogP contribution is -1.94. The molecule has 5 rings (SSSR count). The fourth-order valence-electron chi connectivity index (χ4n) is 3.14. The Labute approximate surface area is 153 Å². The van der Waals surface area contributed by atoms with Gasteiger partial charge in [-0.15, -0.1) is 10.2 Å². The molecule has 0 radical (unpaired) electrons. The van der Waals surface area contributed by atoms with E-state index in [1.807, 2.05) is 36.4 Å². The lowest BCUT2D eigenvalue weighted by molar-refractivity contribution is 0.416. The Hall–Kier alpha value is -3.25. The number of methoxy groups -OCH3 is 1. The molecule has 0 aliphatic carbocycles. The van der Waals surface area contributed by atoms with Crippen molar-refractivity contribution in [3.63, 3.8) is 0 Å². The summed E-state index contributed by atoms with van der Waals surface area (Å²) in [5.41, 5.74) is 1.97. The first-order valence-corrected chi connectivity index (χ1v) is 9.00. The molecule has 0 saturated heterocycles. The fourth-order valence-corrected chi connectivity index (χ4v) is 4.01. The van der Waals surface area contributed by atoms with E-state index in [4.69, 9.17) is 9.84 Å². The monoisotopic (exact) mass is 358 g/mol. The number of fused-ring (bicyclic) bond motifs is 2. The van der Waals surface area contributed by atoms with Crippen molar-refractivity contribution in [2.45, 2.75) is 0 Å². The van der Waals surface area contributed by atoms with Gasteiger partial charge in [-0.25, -0.2) is 0 Å². The van der Waals surface area contributed by atoms with E-state index < -0.39 is 0 Å². The minimum absolute atomic E-state index is 0.681. The number of aromatic nitrogens is 4. The summed E-state index contributed by atoms with van der Waals surface area (Å²) in [6.07, 6.45) is 0. The van der Waals surface area contributed by atoms with Crippen LogP contribution in [0.4, 0.5) is 0 Å². The van der Waals surface area contributed by atoms with Crippen LogP contribution in [-0.2, 0) is 0 Å². The molecule has 0 spiro atoms. The molecular formula is C20H14N4OS. The van der Waals surface area contributed by atoms with Crippen LogP contribution in [0.25, 0.3) is 37.7 Å². The first-order chi connectivity index (χ1) is 12.8. The van der Waals surface area contributed by atoms with E-state index in [9.17, 15) is 0 Å². The highest BCUT2D eigenvalue weighted by atomic mass is 32.1. The van der Waals surface area contributed by atoms with Crippen LogP contribution in [0.2, 0.25) is 0 Å². The van der Waals surface area contributed by atoms with E-state index in [0.29, 0.717) is 5.82 Å². The van der Waals surface area contributed by atoms with Crippen LogP contribution in [0.1, 0.15) is 0 Å². The third-order valence-corrected chi connectivity index (χ3v) is 5.29. The molecule has 0 N–H and O–H groups in total. The van der Waals surface area contributed by atoms with Gasteiger partial charge in [0.05, 0.1) is 12.7 Å². The van der Waals surface area contributed by atoms with Crippen LogP contribution in [0, 0.1) is 0 Å². The predicted molar refractivity (Wildman–Crippen MR) is 104 cm³/mol. The number of hydrogen-bond acceptors (Lipinski definition) is 5. The molecule has 0 aliphatic heterocycles. The topological polar surface area (TPSA) is 52.3 Å². The molecule has 0 bridgehead atoms. The van der Waals surface area contributed by atoms with Crippen LogP contribution in [-0.4, -0.2) is 26.9 Å². The van der Waals surface area contributed by atoms with Crippen molar-refractivity contribution in [1.29, 1.82) is 0 Å². The van der Waals surface area contributed by atoms with Gasteiger partial charge in [0, 0.05) is 5.56 Å². The molecule has 0 saturated carbocycles. The Balaban J connectivity index is 1.71. The van der Waals surface area contributed by atoms with Crippen LogP contribution in [0.3, 0.4) is 0 Å². The van der Waals surface area contributed by atoms with Crippen molar-refractivity contribution in [2.75, 3.05) is 7.11 Å². The van der Waals surface area contributed by atoms with Gasteiger partial charge in [-0.2, -0.15) is 9.61 Å². The zero-order chi connectivity index (χ0) is 17.5. The van der Waals surface area contributed by atoms with Gasteiger partial charge in [-0.3, -0.25) is 0 Å². The van der Waals surface area contributed by atoms with E-state index >= 15 is 0 Å². The molecule has 26 heavy (non-hydrogen) atoms. The summed E-state index contributed by atoms with van der Waals surface area (Å²) < 4.78 is 7.25. The maximum Gasteiger partial charge on any atom is 0.235 e. The molecule has 0 atom stereocenters. The summed E-state index contributed by atoms with van der Waals surface area (Å²) in [5, 5.41) is 16.7. The van der Waals surface area contributed by atoms with Gasteiger partial charge in [-0.1, -0.05) is 65.9 Å². The molecule has 3 aromatic carbocycles. The maximum atomic E-state index is 5.46. The average Bonchev–Trinajstić information content (AvgIpc) is 3.28. The van der Waals surface area contributed by atoms with Crippen molar-refractivity contribution < 1.29 is 4.74 Å². The highest BCUT2D eigenvalue weighted by Crippen LogP contribution is 2.34. The summed E-state index contributed by atoms with van der Waals surface area (Å²) in [5.74, 6) is 1.43. The third-order valence-electron chi connectivity index (χ3n) is 4.36. The minimum Gasteiger partial charge on any atom is -0.496 e. The number of benzene rings is 3. The minimum atomic E-state index is 0.681. The second-order valence-electron chi connectivity index (χ2n) is 5.85. The Bertz CT molecular complexity index is 1240. The van der Waals surface area contributed by atoms with E-state index in [-0.39, 0.29) is 0 Å². The van der Waals surface area contributed by atoms with Gasteiger partial charge in [0.25, 0.3) is 0 Å². The SMILES string of the molecule is COc1ccccc1-c1nnc2sc(-c3cccc4ccccc34)nn12. The highest BCUT2D eigenvalue weighted by molar-refractivity contribution is 7.20. The summed E-state index contributed by atoms with van der Waals surface area (Å²) in [6, 6.07) is 22.3. The van der Waals surface area contributed by atoms with Gasteiger partial charge >= 0.3 is 0 Å². The molecule has 6 heteroatoms. The second-order valence-corrected chi connectivity index (χ2v) is 6.81. The average molecular weight is 358 g/mol. The van der Waals surface area contributed by atoms with E-state index in [0.717, 1.165) is 26.8 Å². The number of nitrogens with zero attached hydrogens (tertiary/aromatic N) is 4. The molecule has 126 valence electrons. The third kappa shape index (κ3) is 2.27. The number of para-hydroxylation sites is 1. The largest absolute Gasteiger partial charge is 0.496 e. The first-order valence-electron chi connectivity index (χ1n) is 8.19. The first kappa shape index (κ1) is 15.0. The lowest BCUT2D eigenvalue weighted by atomic mass is 10.1. The van der Waals surface area contributed by atoms with Gasteiger partial charge in [0.15, 0.2) is 5.82 Å². The van der Waals surface area contributed by atoms with Crippen molar-refractivity contribution in [2.24, 2.45) is 0 Å². The van der Waals surface area contributed by atoms with Crippen LogP contribution in [0.5, 0.6) is 5.75 Å². The quantitative estimate of drug-likeness (QED) is 0.470. The fraction of sp³-hybridized carbons (Fsp3) is 0.0500. The van der Waals surface area contributed by atoms with E-state index in [1.165, 1.54) is 22.1 Å². The summed E-state index contributed by atoms with van der Waals surface area (Å²) in [6.45, 7) is 0. The van der Waals surface area contributed by atoms with Gasteiger partial charge in [0.1, 0.15) is 10.8 Å². The number of rotatable bonds is 3. The molecule has 0 fully saturated rings. The summed E-state index contributed by atoms with van der Waals surface area (Å²) in [7, 11) is 1.65. The zero-order valence-corrected chi connectivity index (χ0v) is 14.8. The molecule has 5 aromatic rings. The zero-order valence-electron chi connectivity index (χ0n) is 14.0. The second kappa shape index (κ2) is 5.93. The van der Waals surface area contributed by atoms with Gasteiger partial charge in [0.2, 0.25) is 4.96 Å². The Morgan fingerprint density at radius 2 is 1.62 bits per heavy atom. The molecule has 2 aromatic heterocycles. The van der Waals surface area contributed by atoms with Crippen molar-refractivity contribution in [3.05, 3.63) is 66.7 Å². The molecular weight excluding hydrogens is 344 g/mol. The highest BCUT2D eigenvalue weighted by Gasteiger charge is 2.17. The summed E-state index contributed by atoms with van der Waals surface area (Å²) >= 11 is 1.53. The molecule has 0 aliphatic rings.